The van der Waals surface area contributed by atoms with Crippen molar-refractivity contribution in [3.8, 4) is 0 Å². The molecular formula is C16H19ClN6OS. The van der Waals surface area contributed by atoms with E-state index in [1.807, 2.05) is 17.7 Å². The average molecular weight is 379 g/mol. The van der Waals surface area contributed by atoms with Crippen LogP contribution in [0.4, 0.5) is 5.69 Å². The normalized spacial score (nSPS) is 20.4. The molecule has 7 nitrogen and oxygen atoms in total. The van der Waals surface area contributed by atoms with Crippen LogP contribution in [0.3, 0.4) is 0 Å². The highest BCUT2D eigenvalue weighted by molar-refractivity contribution is 7.15. The van der Waals surface area contributed by atoms with Gasteiger partial charge in [0.2, 0.25) is 0 Å². The van der Waals surface area contributed by atoms with Gasteiger partial charge in [0, 0.05) is 32.4 Å². The zero-order valence-electron chi connectivity index (χ0n) is 13.6. The number of amides is 1. The summed E-state index contributed by atoms with van der Waals surface area (Å²) < 4.78 is 0.576. The quantitative estimate of drug-likeness (QED) is 0.729. The van der Waals surface area contributed by atoms with Crippen LogP contribution in [0, 0.1) is 0 Å². The number of carbonyl (C=O) groups excluding carboxylic acids is 1. The van der Waals surface area contributed by atoms with E-state index < -0.39 is 0 Å². The van der Waals surface area contributed by atoms with Crippen LogP contribution in [0.5, 0.6) is 0 Å². The van der Waals surface area contributed by atoms with E-state index in [4.69, 9.17) is 16.6 Å². The number of anilines is 1. The van der Waals surface area contributed by atoms with Gasteiger partial charge in [-0.1, -0.05) is 11.6 Å². The molecule has 0 spiro atoms. The van der Waals surface area contributed by atoms with Gasteiger partial charge < -0.3 is 15.5 Å². The molecule has 3 N–H and O–H groups in total. The van der Waals surface area contributed by atoms with Crippen LogP contribution in [-0.2, 0) is 4.79 Å². The SMILES string of the molecule is O=C(Nc1ccsc1Cl)C1=C2N=C(N3CCCNCC3)C=CN2NC1. The third-order valence-corrected chi connectivity index (χ3v) is 5.49. The van der Waals surface area contributed by atoms with E-state index in [9.17, 15) is 4.79 Å². The molecule has 132 valence electrons. The van der Waals surface area contributed by atoms with Crippen molar-refractivity contribution < 1.29 is 4.79 Å². The molecule has 3 aliphatic heterocycles. The smallest absolute Gasteiger partial charge is 0.256 e. The molecule has 0 unspecified atom stereocenters. The molecule has 0 radical (unpaired) electrons. The van der Waals surface area contributed by atoms with Gasteiger partial charge in [0.25, 0.3) is 5.91 Å². The number of hydrogen-bond donors (Lipinski definition) is 3. The Kier molecular flexibility index (Phi) is 4.76. The minimum atomic E-state index is -0.179. The summed E-state index contributed by atoms with van der Waals surface area (Å²) in [5, 5.41) is 9.90. The summed E-state index contributed by atoms with van der Waals surface area (Å²) in [6.45, 7) is 4.28. The molecule has 4 heterocycles. The number of aliphatic imine (C=N–C) groups is 1. The third kappa shape index (κ3) is 3.43. The van der Waals surface area contributed by atoms with Crippen molar-refractivity contribution in [2.24, 2.45) is 4.99 Å². The van der Waals surface area contributed by atoms with E-state index in [-0.39, 0.29) is 5.91 Å². The van der Waals surface area contributed by atoms with Crippen molar-refractivity contribution in [2.75, 3.05) is 38.0 Å². The Morgan fingerprint density at radius 1 is 1.36 bits per heavy atom. The van der Waals surface area contributed by atoms with E-state index in [0.29, 0.717) is 28.0 Å². The second-order valence-corrected chi connectivity index (χ2v) is 7.46. The number of nitrogens with zero attached hydrogens (tertiary/aromatic N) is 3. The topological polar surface area (TPSA) is 72.0 Å². The Morgan fingerprint density at radius 3 is 3.12 bits per heavy atom. The Bertz CT molecular complexity index is 762. The molecule has 0 atom stereocenters. The number of nitrogens with one attached hydrogen (secondary N) is 3. The fourth-order valence-electron chi connectivity index (χ4n) is 3.01. The van der Waals surface area contributed by atoms with Crippen molar-refractivity contribution in [3.05, 3.63) is 39.5 Å². The van der Waals surface area contributed by atoms with Crippen molar-refractivity contribution >= 4 is 40.4 Å². The molecule has 0 aliphatic carbocycles. The van der Waals surface area contributed by atoms with Gasteiger partial charge in [-0.05, 0) is 30.5 Å². The predicted octanol–water partition coefficient (Wildman–Crippen LogP) is 1.59. The largest absolute Gasteiger partial charge is 0.355 e. The van der Waals surface area contributed by atoms with E-state index in [1.165, 1.54) is 11.3 Å². The number of carbonyl (C=O) groups is 1. The first kappa shape index (κ1) is 16.6. The Morgan fingerprint density at radius 2 is 2.28 bits per heavy atom. The molecule has 3 aliphatic rings. The lowest BCUT2D eigenvalue weighted by molar-refractivity contribution is -0.112. The molecule has 1 aromatic heterocycles. The third-order valence-electron chi connectivity index (χ3n) is 4.32. The number of fused-ring (bicyclic) bond motifs is 1. The van der Waals surface area contributed by atoms with Crippen molar-refractivity contribution in [1.82, 2.24) is 20.7 Å². The van der Waals surface area contributed by atoms with Crippen LogP contribution in [0.15, 0.2) is 40.1 Å². The average Bonchev–Trinajstić information content (AvgIpc) is 3.11. The maximum absolute atomic E-state index is 12.7. The fraction of sp³-hybridized carbons (Fsp3) is 0.375. The van der Waals surface area contributed by atoms with Gasteiger partial charge in [-0.25, -0.2) is 10.4 Å². The lowest BCUT2D eigenvalue weighted by Gasteiger charge is -2.27. The summed E-state index contributed by atoms with van der Waals surface area (Å²) in [4.78, 5) is 19.6. The molecule has 1 fully saturated rings. The van der Waals surface area contributed by atoms with Crippen LogP contribution >= 0.6 is 22.9 Å². The summed E-state index contributed by atoms with van der Waals surface area (Å²) in [7, 11) is 0. The van der Waals surface area contributed by atoms with Gasteiger partial charge in [-0.2, -0.15) is 0 Å². The number of hydrogen-bond acceptors (Lipinski definition) is 7. The van der Waals surface area contributed by atoms with Crippen molar-refractivity contribution in [1.29, 1.82) is 0 Å². The van der Waals surface area contributed by atoms with Gasteiger partial charge in [0.1, 0.15) is 10.2 Å². The van der Waals surface area contributed by atoms with Crippen LogP contribution in [0.2, 0.25) is 4.34 Å². The Hall–Kier alpha value is -1.87. The van der Waals surface area contributed by atoms with Gasteiger partial charge in [-0.3, -0.25) is 9.80 Å². The lowest BCUT2D eigenvalue weighted by Crippen LogP contribution is -2.36. The maximum Gasteiger partial charge on any atom is 0.256 e. The number of hydrazine groups is 1. The van der Waals surface area contributed by atoms with E-state index >= 15 is 0 Å². The van der Waals surface area contributed by atoms with Crippen LogP contribution in [0.1, 0.15) is 6.42 Å². The first-order chi connectivity index (χ1) is 12.2. The highest BCUT2D eigenvalue weighted by Gasteiger charge is 2.29. The van der Waals surface area contributed by atoms with Gasteiger partial charge in [0.05, 0.1) is 11.3 Å². The number of rotatable bonds is 2. The number of halogens is 1. The molecule has 9 heteroatoms. The molecule has 1 saturated heterocycles. The van der Waals surface area contributed by atoms with Crippen molar-refractivity contribution in [2.45, 2.75) is 6.42 Å². The van der Waals surface area contributed by atoms with Gasteiger partial charge >= 0.3 is 0 Å². The lowest BCUT2D eigenvalue weighted by atomic mass is 10.2. The van der Waals surface area contributed by atoms with Crippen LogP contribution in [0.25, 0.3) is 0 Å². The predicted molar refractivity (Wildman–Crippen MR) is 100 cm³/mol. The molecule has 4 rings (SSSR count). The summed E-state index contributed by atoms with van der Waals surface area (Å²) in [6, 6.07) is 1.80. The molecule has 25 heavy (non-hydrogen) atoms. The molecule has 1 aromatic rings. The van der Waals surface area contributed by atoms with Crippen LogP contribution in [-0.4, -0.2) is 54.4 Å². The molecule has 1 amide bonds. The van der Waals surface area contributed by atoms with E-state index in [2.05, 4.69) is 21.0 Å². The van der Waals surface area contributed by atoms with Crippen LogP contribution < -0.4 is 16.1 Å². The summed E-state index contributed by atoms with van der Waals surface area (Å²) in [5.41, 5.74) is 4.41. The fourth-order valence-corrected chi connectivity index (χ4v) is 3.84. The molecule has 0 aromatic carbocycles. The van der Waals surface area contributed by atoms with Gasteiger partial charge in [-0.15, -0.1) is 11.3 Å². The Balaban J connectivity index is 1.57. The Labute approximate surface area is 155 Å². The molecule has 0 bridgehead atoms. The summed E-state index contributed by atoms with van der Waals surface area (Å²) in [5.74, 6) is 1.37. The maximum atomic E-state index is 12.7. The zero-order chi connectivity index (χ0) is 17.2. The number of thiophene rings is 1. The highest BCUT2D eigenvalue weighted by atomic mass is 35.5. The first-order valence-corrected chi connectivity index (χ1v) is 9.51. The highest BCUT2D eigenvalue weighted by Crippen LogP contribution is 2.29. The molecule has 0 saturated carbocycles. The minimum absolute atomic E-state index is 0.179. The van der Waals surface area contributed by atoms with E-state index in [1.54, 1.807) is 11.1 Å². The second kappa shape index (κ2) is 7.17. The van der Waals surface area contributed by atoms with Gasteiger partial charge in [0.15, 0.2) is 5.82 Å². The first-order valence-electron chi connectivity index (χ1n) is 8.25. The summed E-state index contributed by atoms with van der Waals surface area (Å²) >= 11 is 7.47. The number of amidine groups is 1. The van der Waals surface area contributed by atoms with E-state index in [0.717, 1.165) is 38.4 Å². The van der Waals surface area contributed by atoms with Crippen molar-refractivity contribution in [3.63, 3.8) is 0 Å². The monoisotopic (exact) mass is 378 g/mol. The second-order valence-electron chi connectivity index (χ2n) is 5.95. The summed E-state index contributed by atoms with van der Waals surface area (Å²) in [6.07, 6.45) is 4.99. The minimum Gasteiger partial charge on any atom is -0.355 e. The standard InChI is InChI=1S/C16H19ClN6OS/c17-14-12(3-9-25-14)20-16(24)11-10-19-23-7-2-13(21-15(11)23)22-6-1-4-18-5-8-22/h2-3,7,9,18-19H,1,4-6,8,10H2,(H,20,24). The molecular weight excluding hydrogens is 360 g/mol. The zero-order valence-corrected chi connectivity index (χ0v) is 15.2.